The first kappa shape index (κ1) is 25.5. The highest BCUT2D eigenvalue weighted by atomic mass is 35.5. The minimum absolute atomic E-state index is 0.000464. The maximum absolute atomic E-state index is 12.8. The molecule has 0 aliphatic heterocycles. The summed E-state index contributed by atoms with van der Waals surface area (Å²) in [5, 5.41) is 14.9. The number of nitrogens with one attached hydrogen (secondary N) is 1. The van der Waals surface area contributed by atoms with E-state index in [1.54, 1.807) is 37.2 Å². The van der Waals surface area contributed by atoms with Crippen molar-refractivity contribution in [2.75, 3.05) is 19.0 Å². The third kappa shape index (κ3) is 7.43. The zero-order valence-electron chi connectivity index (χ0n) is 19.4. The molecule has 2 amide bonds. The van der Waals surface area contributed by atoms with Crippen LogP contribution in [0.25, 0.3) is 10.8 Å². The Morgan fingerprint density at radius 2 is 1.82 bits per heavy atom. The van der Waals surface area contributed by atoms with Crippen LogP contribution < -0.4 is 5.32 Å². The zero-order valence-corrected chi connectivity index (χ0v) is 20.2. The van der Waals surface area contributed by atoms with Crippen LogP contribution in [-0.2, 0) is 16.0 Å². The molecule has 2 N–H and O–H groups in total. The molecule has 34 heavy (non-hydrogen) atoms. The molecule has 3 aromatic rings. The second kappa shape index (κ2) is 12.3. The van der Waals surface area contributed by atoms with E-state index in [1.165, 1.54) is 0 Å². The molecule has 1 aromatic heterocycles. The Kier molecular flexibility index (Phi) is 9.24. The molecule has 0 fully saturated rings. The van der Waals surface area contributed by atoms with E-state index in [-0.39, 0.29) is 25.0 Å². The second-order valence-electron chi connectivity index (χ2n) is 8.32. The SMILES string of the molecule is CC(O)CC[C@@H](COC(=O)Nc1cc2ccccc2cn1)N(C)C(=O)CCc1ccccc1Cl. The lowest BCUT2D eigenvalue weighted by molar-refractivity contribution is -0.133. The summed E-state index contributed by atoms with van der Waals surface area (Å²) >= 11 is 6.20. The maximum Gasteiger partial charge on any atom is 0.412 e. The standard InChI is InChI=1S/C26H30ClN3O4/c1-18(31)11-13-22(30(2)25(32)14-12-19-7-5-6-10-23(19)27)17-34-26(33)29-24-15-20-8-3-4-9-21(20)16-28-24/h3-10,15-16,18,22,31H,11-14,17H2,1-2H3,(H,28,29,33)/t18?,22-/m0/s1. The lowest BCUT2D eigenvalue weighted by atomic mass is 10.1. The topological polar surface area (TPSA) is 91.8 Å². The molecule has 8 heteroatoms. The minimum atomic E-state index is -0.651. The fraction of sp³-hybridized carbons (Fsp3) is 0.346. The van der Waals surface area contributed by atoms with E-state index in [1.807, 2.05) is 42.5 Å². The van der Waals surface area contributed by atoms with E-state index in [0.29, 0.717) is 30.1 Å². The van der Waals surface area contributed by atoms with Crippen molar-refractivity contribution in [3.63, 3.8) is 0 Å². The third-order valence-corrected chi connectivity index (χ3v) is 6.06. The quantitative estimate of drug-likeness (QED) is 0.420. The van der Waals surface area contributed by atoms with E-state index in [0.717, 1.165) is 16.3 Å². The highest BCUT2D eigenvalue weighted by Crippen LogP contribution is 2.19. The molecule has 3 rings (SSSR count). The number of hydrogen-bond acceptors (Lipinski definition) is 5. The molecule has 2 atom stereocenters. The van der Waals surface area contributed by atoms with Crippen molar-refractivity contribution in [2.24, 2.45) is 0 Å². The normalized spacial score (nSPS) is 12.7. The molecule has 0 bridgehead atoms. The van der Waals surface area contributed by atoms with E-state index in [4.69, 9.17) is 16.3 Å². The van der Waals surface area contributed by atoms with Gasteiger partial charge in [-0.05, 0) is 49.3 Å². The van der Waals surface area contributed by atoms with Gasteiger partial charge in [-0.15, -0.1) is 0 Å². The van der Waals surface area contributed by atoms with Crippen molar-refractivity contribution < 1.29 is 19.4 Å². The fourth-order valence-corrected chi connectivity index (χ4v) is 3.84. The lowest BCUT2D eigenvalue weighted by Crippen LogP contribution is -2.41. The largest absolute Gasteiger partial charge is 0.447 e. The number of likely N-dealkylation sites (N-methyl/N-ethyl adjacent to an activating group) is 1. The third-order valence-electron chi connectivity index (χ3n) is 5.69. The summed E-state index contributed by atoms with van der Waals surface area (Å²) in [6.07, 6.45) is 2.27. The Hall–Kier alpha value is -3.16. The highest BCUT2D eigenvalue weighted by molar-refractivity contribution is 6.31. The molecule has 2 aromatic carbocycles. The first-order valence-electron chi connectivity index (χ1n) is 11.3. The molecule has 0 saturated carbocycles. The van der Waals surface area contributed by atoms with Gasteiger partial charge in [0.15, 0.2) is 0 Å². The number of carbonyl (C=O) groups is 2. The molecular weight excluding hydrogens is 454 g/mol. The zero-order chi connectivity index (χ0) is 24.5. The van der Waals surface area contributed by atoms with Crippen LogP contribution in [0.3, 0.4) is 0 Å². The number of benzene rings is 2. The first-order valence-corrected chi connectivity index (χ1v) is 11.7. The number of anilines is 1. The van der Waals surface area contributed by atoms with Crippen molar-refractivity contribution in [3.8, 4) is 0 Å². The maximum atomic E-state index is 12.8. The number of hydrogen-bond donors (Lipinski definition) is 2. The molecule has 0 spiro atoms. The monoisotopic (exact) mass is 483 g/mol. The van der Waals surface area contributed by atoms with Crippen LogP contribution in [0.2, 0.25) is 5.02 Å². The molecule has 0 saturated heterocycles. The molecule has 1 heterocycles. The average Bonchev–Trinajstić information content (AvgIpc) is 2.82. The molecule has 0 aliphatic rings. The number of aryl methyl sites for hydroxylation is 1. The number of carbonyl (C=O) groups excluding carboxylic acids is 2. The first-order chi connectivity index (χ1) is 16.3. The number of fused-ring (bicyclic) bond motifs is 1. The highest BCUT2D eigenvalue weighted by Gasteiger charge is 2.22. The summed E-state index contributed by atoms with van der Waals surface area (Å²) in [6.45, 7) is 1.69. The number of ether oxygens (including phenoxy) is 1. The summed E-state index contributed by atoms with van der Waals surface area (Å²) in [4.78, 5) is 31.0. The predicted molar refractivity (Wildman–Crippen MR) is 134 cm³/mol. The fourth-order valence-electron chi connectivity index (χ4n) is 3.61. The Morgan fingerprint density at radius 1 is 1.12 bits per heavy atom. The van der Waals surface area contributed by atoms with Gasteiger partial charge < -0.3 is 14.7 Å². The Bertz CT molecular complexity index is 1120. The Morgan fingerprint density at radius 3 is 2.56 bits per heavy atom. The van der Waals surface area contributed by atoms with Gasteiger partial charge >= 0.3 is 6.09 Å². The number of rotatable bonds is 10. The van der Waals surface area contributed by atoms with Gasteiger partial charge in [-0.25, -0.2) is 9.78 Å². The van der Waals surface area contributed by atoms with E-state index < -0.39 is 12.2 Å². The Labute approximate surface area is 204 Å². The van der Waals surface area contributed by atoms with Gasteiger partial charge in [0.25, 0.3) is 0 Å². The smallest absolute Gasteiger partial charge is 0.412 e. The van der Waals surface area contributed by atoms with Crippen molar-refractivity contribution in [3.05, 3.63) is 71.4 Å². The average molecular weight is 484 g/mol. The summed E-state index contributed by atoms with van der Waals surface area (Å²) in [5.74, 6) is 0.295. The van der Waals surface area contributed by atoms with Crippen molar-refractivity contribution in [1.29, 1.82) is 0 Å². The minimum Gasteiger partial charge on any atom is -0.447 e. The number of halogens is 1. The number of aliphatic hydroxyl groups is 1. The van der Waals surface area contributed by atoms with Gasteiger partial charge in [0.05, 0.1) is 12.1 Å². The molecule has 0 aliphatic carbocycles. The van der Waals surface area contributed by atoms with Crippen LogP contribution in [0.5, 0.6) is 0 Å². The molecule has 1 unspecified atom stereocenters. The molecule has 7 nitrogen and oxygen atoms in total. The summed E-state index contributed by atoms with van der Waals surface area (Å²) < 4.78 is 5.42. The van der Waals surface area contributed by atoms with Crippen LogP contribution >= 0.6 is 11.6 Å². The van der Waals surface area contributed by atoms with Gasteiger partial charge in [0, 0.05) is 30.1 Å². The van der Waals surface area contributed by atoms with Crippen LogP contribution in [0.1, 0.15) is 31.7 Å². The number of nitrogens with zero attached hydrogens (tertiary/aromatic N) is 2. The van der Waals surface area contributed by atoms with Crippen molar-refractivity contribution in [1.82, 2.24) is 9.88 Å². The number of pyridine rings is 1. The lowest BCUT2D eigenvalue weighted by Gasteiger charge is -2.28. The van der Waals surface area contributed by atoms with Crippen LogP contribution in [0.15, 0.2) is 60.8 Å². The predicted octanol–water partition coefficient (Wildman–Crippen LogP) is 5.06. The van der Waals surface area contributed by atoms with Gasteiger partial charge in [0.1, 0.15) is 12.4 Å². The second-order valence-corrected chi connectivity index (χ2v) is 8.72. The van der Waals surface area contributed by atoms with E-state index >= 15 is 0 Å². The van der Waals surface area contributed by atoms with Gasteiger partial charge in [-0.2, -0.15) is 0 Å². The van der Waals surface area contributed by atoms with Crippen molar-refractivity contribution in [2.45, 2.75) is 44.8 Å². The number of amides is 2. The van der Waals surface area contributed by atoms with Crippen molar-refractivity contribution >= 4 is 40.2 Å². The van der Waals surface area contributed by atoms with Gasteiger partial charge in [0.2, 0.25) is 5.91 Å². The summed E-state index contributed by atoms with van der Waals surface area (Å²) in [5.41, 5.74) is 0.907. The summed E-state index contributed by atoms with van der Waals surface area (Å²) in [7, 11) is 1.69. The van der Waals surface area contributed by atoms with Crippen LogP contribution in [0, 0.1) is 0 Å². The molecule has 180 valence electrons. The van der Waals surface area contributed by atoms with Crippen LogP contribution in [-0.4, -0.2) is 52.8 Å². The van der Waals surface area contributed by atoms with Gasteiger partial charge in [-0.1, -0.05) is 54.1 Å². The van der Waals surface area contributed by atoms with E-state index in [9.17, 15) is 14.7 Å². The molecule has 0 radical (unpaired) electrons. The Balaban J connectivity index is 1.57. The summed E-state index contributed by atoms with van der Waals surface area (Å²) in [6, 6.07) is 16.5. The number of aliphatic hydroxyl groups excluding tert-OH is 1. The molecular formula is C26H30ClN3O4. The number of aromatic nitrogens is 1. The van der Waals surface area contributed by atoms with E-state index in [2.05, 4.69) is 10.3 Å². The van der Waals surface area contributed by atoms with Crippen LogP contribution in [0.4, 0.5) is 10.6 Å². The van der Waals surface area contributed by atoms with Gasteiger partial charge in [-0.3, -0.25) is 10.1 Å².